The summed E-state index contributed by atoms with van der Waals surface area (Å²) < 4.78 is 7.64. The Bertz CT molecular complexity index is 516. The summed E-state index contributed by atoms with van der Waals surface area (Å²) in [6, 6.07) is 4.46. The lowest BCUT2D eigenvalue weighted by molar-refractivity contribution is -0.0499. The molecule has 6 heteroatoms. The molecule has 2 unspecified atom stereocenters. The molecule has 0 N–H and O–H groups in total. The van der Waals surface area contributed by atoms with Crippen molar-refractivity contribution >= 4 is 0 Å². The Kier molecular flexibility index (Phi) is 4.03. The minimum Gasteiger partial charge on any atom is -0.374 e. The zero-order valence-electron chi connectivity index (χ0n) is 11.6. The van der Waals surface area contributed by atoms with E-state index in [-0.39, 0.29) is 6.10 Å². The fraction of sp³-hybridized carbons (Fsp3) is 0.500. The van der Waals surface area contributed by atoms with Crippen molar-refractivity contribution in [1.29, 1.82) is 0 Å². The molecule has 0 aromatic carbocycles. The van der Waals surface area contributed by atoms with E-state index in [2.05, 4.69) is 33.2 Å². The van der Waals surface area contributed by atoms with Gasteiger partial charge in [-0.2, -0.15) is 0 Å². The van der Waals surface area contributed by atoms with Gasteiger partial charge < -0.3 is 4.74 Å². The van der Waals surface area contributed by atoms with E-state index in [0.29, 0.717) is 6.04 Å². The average Bonchev–Trinajstić information content (AvgIpc) is 3.01. The largest absolute Gasteiger partial charge is 0.374 e. The first-order valence-electron chi connectivity index (χ1n) is 6.92. The van der Waals surface area contributed by atoms with Gasteiger partial charge >= 0.3 is 0 Å². The maximum absolute atomic E-state index is 5.82. The van der Waals surface area contributed by atoms with Gasteiger partial charge in [-0.15, -0.1) is 5.10 Å². The topological polar surface area (TPSA) is 56.1 Å². The third kappa shape index (κ3) is 3.02. The number of pyridine rings is 1. The van der Waals surface area contributed by atoms with Crippen molar-refractivity contribution < 1.29 is 4.74 Å². The van der Waals surface area contributed by atoms with Crippen molar-refractivity contribution in [2.75, 3.05) is 19.7 Å². The smallest absolute Gasteiger partial charge is 0.0898 e. The maximum atomic E-state index is 5.82. The summed E-state index contributed by atoms with van der Waals surface area (Å²) in [5, 5.41) is 7.82. The first-order valence-corrected chi connectivity index (χ1v) is 6.92. The molecule has 0 aliphatic carbocycles. The first-order chi connectivity index (χ1) is 9.83. The summed E-state index contributed by atoms with van der Waals surface area (Å²) in [6.07, 6.45) is 7.46. The van der Waals surface area contributed by atoms with Crippen LogP contribution in [0, 0.1) is 0 Å². The average molecular weight is 273 g/mol. The number of ether oxygens (including phenoxy) is 1. The van der Waals surface area contributed by atoms with Crippen molar-refractivity contribution in [1.82, 2.24) is 24.9 Å². The van der Waals surface area contributed by atoms with Crippen LogP contribution in [0.4, 0.5) is 0 Å². The second-order valence-electron chi connectivity index (χ2n) is 5.08. The minimum atomic E-state index is 0.157. The molecule has 2 atom stereocenters. The van der Waals surface area contributed by atoms with E-state index >= 15 is 0 Å². The highest BCUT2D eigenvalue weighted by Crippen LogP contribution is 2.22. The van der Waals surface area contributed by atoms with Gasteiger partial charge in [0.2, 0.25) is 0 Å². The van der Waals surface area contributed by atoms with Crippen LogP contribution in [0.2, 0.25) is 0 Å². The molecule has 1 aliphatic heterocycles. The zero-order chi connectivity index (χ0) is 13.8. The van der Waals surface area contributed by atoms with E-state index in [0.717, 1.165) is 26.2 Å². The Balaban J connectivity index is 1.63. The van der Waals surface area contributed by atoms with Crippen LogP contribution in [0.15, 0.2) is 36.9 Å². The minimum absolute atomic E-state index is 0.157. The Labute approximate surface area is 118 Å². The maximum Gasteiger partial charge on any atom is 0.0898 e. The van der Waals surface area contributed by atoms with E-state index < -0.39 is 0 Å². The molecule has 0 amide bonds. The van der Waals surface area contributed by atoms with Crippen LogP contribution >= 0.6 is 0 Å². The standard InChI is InChI=1S/C14H19N5O/c1-12(13-3-2-4-15-9-13)18-7-8-20-14(10-18)11-19-6-5-16-17-19/h2-6,9,12,14H,7-8,10-11H2,1H3. The van der Waals surface area contributed by atoms with Crippen molar-refractivity contribution in [3.05, 3.63) is 42.5 Å². The molecule has 0 radical (unpaired) electrons. The summed E-state index contributed by atoms with van der Waals surface area (Å²) in [5.41, 5.74) is 1.24. The summed E-state index contributed by atoms with van der Waals surface area (Å²) >= 11 is 0. The fourth-order valence-electron chi connectivity index (χ4n) is 2.58. The predicted octanol–water partition coefficient (Wildman–Crippen LogP) is 1.14. The van der Waals surface area contributed by atoms with Crippen LogP contribution in [-0.4, -0.2) is 50.7 Å². The van der Waals surface area contributed by atoms with E-state index in [9.17, 15) is 0 Å². The van der Waals surface area contributed by atoms with Gasteiger partial charge in [-0.1, -0.05) is 11.3 Å². The number of rotatable bonds is 4. The summed E-state index contributed by atoms with van der Waals surface area (Å²) in [6.45, 7) is 5.56. The van der Waals surface area contributed by atoms with Gasteiger partial charge in [0.15, 0.2) is 0 Å². The third-order valence-corrected chi connectivity index (χ3v) is 3.75. The van der Waals surface area contributed by atoms with Crippen molar-refractivity contribution in [2.24, 2.45) is 0 Å². The summed E-state index contributed by atoms with van der Waals surface area (Å²) in [4.78, 5) is 6.63. The highest BCUT2D eigenvalue weighted by molar-refractivity contribution is 5.13. The van der Waals surface area contributed by atoms with Gasteiger partial charge in [-0.25, -0.2) is 4.68 Å². The second kappa shape index (κ2) is 6.11. The van der Waals surface area contributed by atoms with Crippen LogP contribution in [0.3, 0.4) is 0 Å². The molecule has 6 nitrogen and oxygen atoms in total. The molecule has 1 saturated heterocycles. The summed E-state index contributed by atoms with van der Waals surface area (Å²) in [7, 11) is 0. The number of hydrogen-bond acceptors (Lipinski definition) is 5. The number of morpholine rings is 1. The summed E-state index contributed by atoms with van der Waals surface area (Å²) in [5.74, 6) is 0. The fourth-order valence-corrected chi connectivity index (χ4v) is 2.58. The molecule has 106 valence electrons. The third-order valence-electron chi connectivity index (χ3n) is 3.75. The Morgan fingerprint density at radius 2 is 2.40 bits per heavy atom. The zero-order valence-corrected chi connectivity index (χ0v) is 11.6. The van der Waals surface area contributed by atoms with E-state index in [1.165, 1.54) is 5.56 Å². The highest BCUT2D eigenvalue weighted by Gasteiger charge is 2.25. The molecule has 0 spiro atoms. The van der Waals surface area contributed by atoms with Gasteiger partial charge in [0.1, 0.15) is 0 Å². The van der Waals surface area contributed by atoms with Crippen molar-refractivity contribution in [2.45, 2.75) is 25.6 Å². The Morgan fingerprint density at radius 1 is 1.45 bits per heavy atom. The lowest BCUT2D eigenvalue weighted by Gasteiger charge is -2.36. The van der Waals surface area contributed by atoms with Gasteiger partial charge in [-0.05, 0) is 18.6 Å². The van der Waals surface area contributed by atoms with Gasteiger partial charge in [0.05, 0.1) is 25.5 Å². The quantitative estimate of drug-likeness (QED) is 0.836. The monoisotopic (exact) mass is 273 g/mol. The molecule has 3 heterocycles. The lowest BCUT2D eigenvalue weighted by atomic mass is 10.1. The second-order valence-corrected chi connectivity index (χ2v) is 5.08. The SMILES string of the molecule is CC(c1cccnc1)N1CCOC(Cn2ccnn2)C1. The number of aromatic nitrogens is 4. The van der Waals surface area contributed by atoms with Gasteiger partial charge in [-0.3, -0.25) is 9.88 Å². The van der Waals surface area contributed by atoms with Gasteiger partial charge in [0.25, 0.3) is 0 Å². The number of hydrogen-bond donors (Lipinski definition) is 0. The number of nitrogens with zero attached hydrogens (tertiary/aromatic N) is 5. The van der Waals surface area contributed by atoms with E-state index in [1.807, 2.05) is 29.3 Å². The first kappa shape index (κ1) is 13.2. The van der Waals surface area contributed by atoms with E-state index in [4.69, 9.17) is 4.74 Å². The van der Waals surface area contributed by atoms with E-state index in [1.54, 1.807) is 6.20 Å². The van der Waals surface area contributed by atoms with Crippen molar-refractivity contribution in [3.8, 4) is 0 Å². The Morgan fingerprint density at radius 3 is 3.15 bits per heavy atom. The molecule has 2 aromatic rings. The predicted molar refractivity (Wildman–Crippen MR) is 74.0 cm³/mol. The lowest BCUT2D eigenvalue weighted by Crippen LogP contribution is -2.45. The van der Waals surface area contributed by atoms with Crippen LogP contribution in [0.25, 0.3) is 0 Å². The molecule has 1 aliphatic rings. The highest BCUT2D eigenvalue weighted by atomic mass is 16.5. The molecule has 1 fully saturated rings. The van der Waals surface area contributed by atoms with Gasteiger partial charge in [0, 0.05) is 37.7 Å². The molecule has 0 saturated carbocycles. The van der Waals surface area contributed by atoms with Crippen molar-refractivity contribution in [3.63, 3.8) is 0 Å². The van der Waals surface area contributed by atoms with Crippen LogP contribution in [-0.2, 0) is 11.3 Å². The Hall–Kier alpha value is -1.79. The van der Waals surface area contributed by atoms with Crippen LogP contribution in [0.5, 0.6) is 0 Å². The molecule has 3 rings (SSSR count). The normalized spacial score (nSPS) is 21.8. The van der Waals surface area contributed by atoms with Crippen LogP contribution in [0.1, 0.15) is 18.5 Å². The molecule has 0 bridgehead atoms. The molecular formula is C14H19N5O. The molecular weight excluding hydrogens is 254 g/mol. The van der Waals surface area contributed by atoms with Crippen LogP contribution < -0.4 is 0 Å². The molecule has 20 heavy (non-hydrogen) atoms. The molecule has 2 aromatic heterocycles.